The average molecular weight is 841 g/mol. The Morgan fingerprint density at radius 3 is 2.44 bits per heavy atom. The number of methoxy groups -OCH3 is 2. The van der Waals surface area contributed by atoms with Crippen molar-refractivity contribution >= 4 is 74.5 Å². The number of unbranched alkanes of at least 4 members (excludes halogenated alkanes) is 2. The summed E-state index contributed by atoms with van der Waals surface area (Å²) < 4.78 is 13.4. The first-order valence-electron chi connectivity index (χ1n) is 19.7. The van der Waals surface area contributed by atoms with E-state index in [1.54, 1.807) is 47.3 Å². The molecule has 2 aliphatic carbocycles. The van der Waals surface area contributed by atoms with Gasteiger partial charge in [0.05, 0.1) is 42.3 Å². The van der Waals surface area contributed by atoms with Crippen molar-refractivity contribution in [3.8, 4) is 27.8 Å². The zero-order chi connectivity index (χ0) is 42.1. The molecule has 8 rings (SSSR count). The molecule has 59 heavy (non-hydrogen) atoms. The number of imide groups is 2. The largest absolute Gasteiger partial charge is 0.502 e. The van der Waals surface area contributed by atoms with Crippen LogP contribution in [0.1, 0.15) is 56.6 Å². The molecule has 6 unspecified atom stereocenters. The number of carboxylic acid groups (broad SMARTS) is 1. The Labute approximate surface area is 349 Å². The number of benzene rings is 2. The SMILES string of the molecule is COc1cc(C=CC2C3=CCC4C(=O)N(CCCCCC(=O)O)C(=O)C4C3CC3C(=O)N(c4cc(-c5sc6ccc(Cl)cc6c5C)nn4C)C(=O)C23C)cc(OC)c1O. The summed E-state index contributed by atoms with van der Waals surface area (Å²) in [6.07, 6.45) is 7.69. The summed E-state index contributed by atoms with van der Waals surface area (Å²) in [4.78, 5) is 72.6. The molecule has 308 valence electrons. The first-order valence-corrected chi connectivity index (χ1v) is 20.9. The van der Waals surface area contributed by atoms with Crippen molar-refractivity contribution in [2.75, 3.05) is 25.7 Å². The number of aromatic nitrogens is 2. The number of fused-ring (bicyclic) bond motifs is 5. The fourth-order valence-corrected chi connectivity index (χ4v) is 11.2. The van der Waals surface area contributed by atoms with Crippen LogP contribution in [0.15, 0.2) is 54.1 Å². The Morgan fingerprint density at radius 1 is 1.02 bits per heavy atom. The second-order valence-corrected chi connectivity index (χ2v) is 17.6. The summed E-state index contributed by atoms with van der Waals surface area (Å²) in [7, 11) is 4.57. The van der Waals surface area contributed by atoms with Gasteiger partial charge in [0, 0.05) is 41.7 Å². The smallest absolute Gasteiger partial charge is 0.303 e. The molecule has 2 N–H and O–H groups in total. The summed E-state index contributed by atoms with van der Waals surface area (Å²) in [5, 5.41) is 26.1. The number of halogens is 1. The molecule has 4 amide bonds. The molecule has 3 fully saturated rings. The normalized spacial score (nSPS) is 25.2. The number of carbonyl (C=O) groups is 5. The van der Waals surface area contributed by atoms with Crippen molar-refractivity contribution < 1.29 is 43.7 Å². The molecular formula is C44H45ClN4O9S. The standard InChI is InChI=1S/C44H45ClN4O9S/c1-22-27-19-24(45)11-15-34(27)59-39(22)31-21-35(47(3)46-31)49-41(54)30-20-28-25(12-13-26-37(28)42(55)48(40(26)53)16-8-6-7-9-36(50)51)29(44(30,2)43(49)56)14-10-23-17-32(57-4)38(52)33(18-23)58-5/h10-12,14-15,17-19,21,26,28-30,37,52H,6-9,13,16,20H2,1-5H3,(H,50,51). The predicted molar refractivity (Wildman–Crippen MR) is 222 cm³/mol. The minimum absolute atomic E-state index is 0.0191. The van der Waals surface area contributed by atoms with Gasteiger partial charge in [-0.25, -0.2) is 4.90 Å². The molecule has 0 radical (unpaired) electrons. The number of amides is 4. The van der Waals surface area contributed by atoms with Crippen LogP contribution in [0.25, 0.3) is 26.7 Å². The van der Waals surface area contributed by atoms with Crippen LogP contribution in [-0.2, 0) is 31.0 Å². The molecule has 13 nitrogen and oxygen atoms in total. The average Bonchev–Trinajstić information content (AvgIpc) is 3.88. The first kappa shape index (κ1) is 40.3. The number of anilines is 1. The third-order valence-corrected chi connectivity index (χ3v) is 14.4. The number of aromatic hydroxyl groups is 1. The Morgan fingerprint density at radius 2 is 1.75 bits per heavy atom. The number of ether oxygens (including phenoxy) is 2. The van der Waals surface area contributed by atoms with E-state index in [9.17, 15) is 24.3 Å². The highest BCUT2D eigenvalue weighted by molar-refractivity contribution is 7.22. The maximum absolute atomic E-state index is 15.1. The Kier molecular flexibility index (Phi) is 10.4. The topological polar surface area (TPSA) is 169 Å². The van der Waals surface area contributed by atoms with Crippen LogP contribution >= 0.6 is 22.9 Å². The number of carboxylic acids is 1. The second kappa shape index (κ2) is 15.3. The number of likely N-dealkylation sites (tertiary alicyclic amines) is 1. The Hall–Kier alpha value is -5.47. The van der Waals surface area contributed by atoms with Crippen molar-refractivity contribution in [1.29, 1.82) is 0 Å². The highest BCUT2D eigenvalue weighted by Gasteiger charge is 2.67. The molecule has 2 saturated heterocycles. The summed E-state index contributed by atoms with van der Waals surface area (Å²) >= 11 is 7.88. The van der Waals surface area contributed by atoms with Gasteiger partial charge >= 0.3 is 5.97 Å². The van der Waals surface area contributed by atoms with Gasteiger partial charge in [0.1, 0.15) is 11.5 Å². The lowest BCUT2D eigenvalue weighted by Gasteiger charge is -2.47. The molecule has 2 aliphatic heterocycles. The third kappa shape index (κ3) is 6.51. The van der Waals surface area contributed by atoms with Gasteiger partial charge in [-0.15, -0.1) is 11.3 Å². The van der Waals surface area contributed by atoms with E-state index in [1.165, 1.54) is 24.0 Å². The number of thiophene rings is 1. The highest BCUT2D eigenvalue weighted by atomic mass is 35.5. The van der Waals surface area contributed by atoms with E-state index in [0.29, 0.717) is 47.8 Å². The number of carbonyl (C=O) groups excluding carboxylic acids is 4. The quantitative estimate of drug-likeness (QED) is 0.0833. The number of rotatable bonds is 12. The van der Waals surface area contributed by atoms with Crippen LogP contribution in [0.3, 0.4) is 0 Å². The van der Waals surface area contributed by atoms with Gasteiger partial charge in [-0.3, -0.25) is 33.6 Å². The molecule has 4 heterocycles. The Bertz CT molecular complexity index is 2480. The van der Waals surface area contributed by atoms with E-state index in [0.717, 1.165) is 26.1 Å². The van der Waals surface area contributed by atoms with Crippen LogP contribution in [0.5, 0.6) is 17.2 Å². The van der Waals surface area contributed by atoms with Gasteiger partial charge in [0.15, 0.2) is 11.5 Å². The van der Waals surface area contributed by atoms with Crippen LogP contribution in [0.4, 0.5) is 5.82 Å². The molecule has 0 spiro atoms. The van der Waals surface area contributed by atoms with E-state index in [-0.39, 0.29) is 48.4 Å². The van der Waals surface area contributed by atoms with Crippen LogP contribution in [0.2, 0.25) is 5.02 Å². The zero-order valence-electron chi connectivity index (χ0n) is 33.4. The van der Waals surface area contributed by atoms with Crippen molar-refractivity contribution in [2.24, 2.45) is 42.1 Å². The molecule has 2 aromatic carbocycles. The number of aliphatic carboxylic acids is 1. The fraction of sp³-hybridized carbons (Fsp3) is 0.409. The van der Waals surface area contributed by atoms with E-state index in [2.05, 4.69) is 0 Å². The summed E-state index contributed by atoms with van der Waals surface area (Å²) in [6.45, 7) is 4.01. The van der Waals surface area contributed by atoms with Crippen molar-refractivity contribution in [1.82, 2.24) is 14.7 Å². The van der Waals surface area contributed by atoms with Crippen LogP contribution in [-0.4, -0.2) is 75.3 Å². The number of hydrogen-bond donors (Lipinski definition) is 2. The molecule has 15 heteroatoms. The summed E-state index contributed by atoms with van der Waals surface area (Å²) in [5.41, 5.74) is 1.76. The number of aryl methyl sites for hydroxylation is 2. The molecule has 6 atom stereocenters. The molecule has 2 aromatic heterocycles. The van der Waals surface area contributed by atoms with E-state index >= 15 is 4.79 Å². The first-order chi connectivity index (χ1) is 28.2. The van der Waals surface area contributed by atoms with Gasteiger partial charge < -0.3 is 19.7 Å². The minimum Gasteiger partial charge on any atom is -0.502 e. The lowest BCUT2D eigenvalue weighted by atomic mass is 9.52. The lowest BCUT2D eigenvalue weighted by molar-refractivity contribution is -0.141. The van der Waals surface area contributed by atoms with Crippen molar-refractivity contribution in [2.45, 2.75) is 52.4 Å². The van der Waals surface area contributed by atoms with E-state index in [1.807, 2.05) is 44.2 Å². The van der Waals surface area contributed by atoms with E-state index < -0.39 is 52.8 Å². The third-order valence-electron chi connectivity index (χ3n) is 12.9. The number of phenols is 1. The minimum atomic E-state index is -1.28. The van der Waals surface area contributed by atoms with Gasteiger partial charge in [-0.05, 0) is 92.3 Å². The van der Waals surface area contributed by atoms with Crippen molar-refractivity contribution in [3.63, 3.8) is 0 Å². The highest BCUT2D eigenvalue weighted by Crippen LogP contribution is 2.61. The molecule has 1 saturated carbocycles. The monoisotopic (exact) mass is 840 g/mol. The predicted octanol–water partition coefficient (Wildman–Crippen LogP) is 7.41. The summed E-state index contributed by atoms with van der Waals surface area (Å²) in [5.74, 6) is -4.98. The van der Waals surface area contributed by atoms with Crippen LogP contribution in [0, 0.1) is 41.9 Å². The maximum atomic E-state index is 15.1. The van der Waals surface area contributed by atoms with Crippen LogP contribution < -0.4 is 14.4 Å². The van der Waals surface area contributed by atoms with Gasteiger partial charge in [-0.1, -0.05) is 41.8 Å². The zero-order valence-corrected chi connectivity index (χ0v) is 34.9. The number of phenolic OH excluding ortho intramolecular Hbond substituents is 1. The fourth-order valence-electron chi connectivity index (χ4n) is 9.88. The Balaban J connectivity index is 1.18. The van der Waals surface area contributed by atoms with Gasteiger partial charge in [0.25, 0.3) is 0 Å². The second-order valence-electron chi connectivity index (χ2n) is 16.1. The van der Waals surface area contributed by atoms with E-state index in [4.69, 9.17) is 31.3 Å². The lowest BCUT2D eigenvalue weighted by Crippen LogP contribution is -2.49. The summed E-state index contributed by atoms with van der Waals surface area (Å²) in [6, 6.07) is 10.8. The maximum Gasteiger partial charge on any atom is 0.303 e. The number of allylic oxidation sites excluding steroid dienone is 3. The molecule has 4 aromatic rings. The van der Waals surface area contributed by atoms with Gasteiger partial charge in [-0.2, -0.15) is 5.10 Å². The molecule has 0 bridgehead atoms. The number of hydrogen-bond acceptors (Lipinski definition) is 10. The molecular weight excluding hydrogens is 796 g/mol. The number of nitrogens with zero attached hydrogens (tertiary/aromatic N) is 4. The molecule has 4 aliphatic rings. The van der Waals surface area contributed by atoms with Crippen molar-refractivity contribution in [3.05, 3.63) is 70.3 Å². The van der Waals surface area contributed by atoms with Gasteiger partial charge in [0.2, 0.25) is 29.4 Å².